The van der Waals surface area contributed by atoms with E-state index in [0.717, 1.165) is 18.5 Å². The molecule has 1 saturated heterocycles. The average Bonchev–Trinajstić information content (AvgIpc) is 2.77. The molecular weight excluding hydrogens is 272 g/mol. The van der Waals surface area contributed by atoms with E-state index in [2.05, 4.69) is 10.3 Å². The molecule has 21 heavy (non-hydrogen) atoms. The number of rotatable bonds is 6. The van der Waals surface area contributed by atoms with Crippen LogP contribution in [0, 0.1) is 0 Å². The Bertz CT molecular complexity index is 520. The fourth-order valence-corrected chi connectivity index (χ4v) is 2.43. The Morgan fingerprint density at radius 2 is 2.33 bits per heavy atom. The predicted octanol–water partition coefficient (Wildman–Crippen LogP) is 1.68. The minimum atomic E-state index is -0.978. The summed E-state index contributed by atoms with van der Waals surface area (Å²) in [7, 11) is 0. The van der Waals surface area contributed by atoms with E-state index in [-0.39, 0.29) is 18.2 Å². The minimum Gasteiger partial charge on any atom is -0.478 e. The summed E-state index contributed by atoms with van der Waals surface area (Å²) in [5, 5.41) is 22.6. The molecule has 0 saturated carbocycles. The van der Waals surface area contributed by atoms with Crippen LogP contribution in [-0.2, 0) is 11.2 Å². The van der Waals surface area contributed by atoms with Crippen molar-refractivity contribution in [1.82, 2.24) is 4.98 Å². The number of aryl methyl sites for hydroxylation is 1. The molecule has 116 valence electrons. The molecule has 2 unspecified atom stereocenters. The smallest absolute Gasteiger partial charge is 0.335 e. The summed E-state index contributed by atoms with van der Waals surface area (Å²) in [6.07, 6.45) is 1.92. The van der Waals surface area contributed by atoms with E-state index in [4.69, 9.17) is 9.84 Å². The molecular formula is C15H22N2O4. The van der Waals surface area contributed by atoms with Gasteiger partial charge in [0.2, 0.25) is 0 Å². The van der Waals surface area contributed by atoms with Gasteiger partial charge < -0.3 is 20.3 Å². The molecule has 0 amide bonds. The SMILES string of the molecule is CCCc1cc(C(=O)O)cc(NCC2(O)CCOC2C)n1. The number of nitrogens with one attached hydrogen (secondary N) is 1. The van der Waals surface area contributed by atoms with Gasteiger partial charge in [-0.05, 0) is 25.5 Å². The highest BCUT2D eigenvalue weighted by Crippen LogP contribution is 2.26. The van der Waals surface area contributed by atoms with Crippen molar-refractivity contribution in [1.29, 1.82) is 0 Å². The predicted molar refractivity (Wildman–Crippen MR) is 78.7 cm³/mol. The molecule has 1 aliphatic heterocycles. The topological polar surface area (TPSA) is 91.7 Å². The van der Waals surface area contributed by atoms with Gasteiger partial charge in [-0.25, -0.2) is 9.78 Å². The molecule has 1 aromatic rings. The maximum atomic E-state index is 11.2. The summed E-state index contributed by atoms with van der Waals surface area (Å²) in [6, 6.07) is 3.08. The second-order valence-corrected chi connectivity index (χ2v) is 5.51. The molecule has 0 radical (unpaired) electrons. The number of aliphatic hydroxyl groups is 1. The van der Waals surface area contributed by atoms with Crippen molar-refractivity contribution >= 4 is 11.8 Å². The molecule has 1 aromatic heterocycles. The largest absolute Gasteiger partial charge is 0.478 e. The number of carboxylic acid groups (broad SMARTS) is 1. The molecule has 0 spiro atoms. The first kappa shape index (κ1) is 15.7. The lowest BCUT2D eigenvalue weighted by molar-refractivity contribution is -0.0176. The number of carbonyl (C=O) groups is 1. The third kappa shape index (κ3) is 3.71. The molecule has 1 fully saturated rings. The Hall–Kier alpha value is -1.66. The normalized spacial score (nSPS) is 25.0. The van der Waals surface area contributed by atoms with Crippen LogP contribution in [0.4, 0.5) is 5.82 Å². The van der Waals surface area contributed by atoms with E-state index >= 15 is 0 Å². The number of nitrogens with zero attached hydrogens (tertiary/aromatic N) is 1. The zero-order chi connectivity index (χ0) is 15.5. The number of hydrogen-bond acceptors (Lipinski definition) is 5. The van der Waals surface area contributed by atoms with Crippen LogP contribution in [0.1, 0.15) is 42.7 Å². The second kappa shape index (κ2) is 6.41. The first-order valence-corrected chi connectivity index (χ1v) is 7.26. The van der Waals surface area contributed by atoms with Crippen molar-refractivity contribution in [3.63, 3.8) is 0 Å². The Kier molecular flexibility index (Phi) is 4.80. The lowest BCUT2D eigenvalue weighted by Crippen LogP contribution is -2.43. The van der Waals surface area contributed by atoms with Crippen molar-refractivity contribution in [2.24, 2.45) is 0 Å². The first-order valence-electron chi connectivity index (χ1n) is 7.26. The highest BCUT2D eigenvalue weighted by atomic mass is 16.5. The molecule has 6 nitrogen and oxygen atoms in total. The van der Waals surface area contributed by atoms with E-state index in [1.165, 1.54) is 6.07 Å². The molecule has 0 aromatic carbocycles. The van der Waals surface area contributed by atoms with Crippen LogP contribution in [0.2, 0.25) is 0 Å². The van der Waals surface area contributed by atoms with Gasteiger partial charge in [-0.1, -0.05) is 13.3 Å². The number of carboxylic acids is 1. The van der Waals surface area contributed by atoms with Crippen LogP contribution in [0.3, 0.4) is 0 Å². The number of anilines is 1. The van der Waals surface area contributed by atoms with Gasteiger partial charge in [0.05, 0.1) is 11.7 Å². The molecule has 0 aliphatic carbocycles. The third-order valence-electron chi connectivity index (χ3n) is 3.87. The van der Waals surface area contributed by atoms with Crippen LogP contribution >= 0.6 is 0 Å². The van der Waals surface area contributed by atoms with Gasteiger partial charge in [0, 0.05) is 25.3 Å². The number of aromatic carboxylic acids is 1. The second-order valence-electron chi connectivity index (χ2n) is 5.51. The molecule has 1 aliphatic rings. The zero-order valence-electron chi connectivity index (χ0n) is 12.4. The molecule has 2 heterocycles. The summed E-state index contributed by atoms with van der Waals surface area (Å²) >= 11 is 0. The van der Waals surface area contributed by atoms with Crippen molar-refractivity contribution < 1.29 is 19.7 Å². The van der Waals surface area contributed by atoms with Crippen LogP contribution in [0.15, 0.2) is 12.1 Å². The maximum absolute atomic E-state index is 11.2. The number of pyridine rings is 1. The highest BCUT2D eigenvalue weighted by Gasteiger charge is 2.39. The summed E-state index contributed by atoms with van der Waals surface area (Å²) in [6.45, 7) is 4.67. The zero-order valence-corrected chi connectivity index (χ0v) is 12.4. The van der Waals surface area contributed by atoms with Crippen molar-refractivity contribution in [2.75, 3.05) is 18.5 Å². The summed E-state index contributed by atoms with van der Waals surface area (Å²) in [5.74, 6) is -0.500. The average molecular weight is 294 g/mol. The van der Waals surface area contributed by atoms with E-state index in [1.54, 1.807) is 6.07 Å². The van der Waals surface area contributed by atoms with Gasteiger partial charge in [-0.2, -0.15) is 0 Å². The van der Waals surface area contributed by atoms with Crippen LogP contribution in [0.5, 0.6) is 0 Å². The maximum Gasteiger partial charge on any atom is 0.335 e. The Labute approximate surface area is 124 Å². The first-order chi connectivity index (χ1) is 9.94. The molecule has 2 rings (SSSR count). The van der Waals surface area contributed by atoms with Crippen molar-refractivity contribution in [2.45, 2.75) is 44.8 Å². The minimum absolute atomic E-state index is 0.207. The van der Waals surface area contributed by atoms with Gasteiger partial charge in [-0.15, -0.1) is 0 Å². The Morgan fingerprint density at radius 1 is 1.57 bits per heavy atom. The number of ether oxygens (including phenoxy) is 1. The van der Waals surface area contributed by atoms with E-state index < -0.39 is 11.6 Å². The standard InChI is InChI=1S/C15H22N2O4/c1-3-4-12-7-11(14(18)19)8-13(17-12)16-9-15(20)5-6-21-10(15)2/h7-8,10,20H,3-6,9H2,1-2H3,(H,16,17)(H,18,19). The number of aromatic nitrogens is 1. The van der Waals surface area contributed by atoms with Gasteiger partial charge >= 0.3 is 5.97 Å². The van der Waals surface area contributed by atoms with E-state index in [0.29, 0.717) is 18.8 Å². The molecule has 0 bridgehead atoms. The number of hydrogen-bond donors (Lipinski definition) is 3. The third-order valence-corrected chi connectivity index (χ3v) is 3.87. The molecule has 6 heteroatoms. The van der Waals surface area contributed by atoms with Gasteiger partial charge in [0.15, 0.2) is 0 Å². The monoisotopic (exact) mass is 294 g/mol. The lowest BCUT2D eigenvalue weighted by Gasteiger charge is -2.26. The summed E-state index contributed by atoms with van der Waals surface area (Å²) in [5.41, 5.74) is 0.00696. The fraction of sp³-hybridized carbons (Fsp3) is 0.600. The van der Waals surface area contributed by atoms with Crippen LogP contribution < -0.4 is 5.32 Å². The highest BCUT2D eigenvalue weighted by molar-refractivity contribution is 5.88. The van der Waals surface area contributed by atoms with E-state index in [1.807, 2.05) is 13.8 Å². The van der Waals surface area contributed by atoms with Gasteiger partial charge in [0.1, 0.15) is 11.4 Å². The molecule has 3 N–H and O–H groups in total. The lowest BCUT2D eigenvalue weighted by atomic mass is 9.97. The van der Waals surface area contributed by atoms with Gasteiger partial charge in [-0.3, -0.25) is 0 Å². The Morgan fingerprint density at radius 3 is 2.90 bits per heavy atom. The van der Waals surface area contributed by atoms with Crippen molar-refractivity contribution in [3.05, 3.63) is 23.4 Å². The summed E-state index contributed by atoms with van der Waals surface area (Å²) < 4.78 is 5.38. The quantitative estimate of drug-likeness (QED) is 0.739. The van der Waals surface area contributed by atoms with Crippen LogP contribution in [0.25, 0.3) is 0 Å². The van der Waals surface area contributed by atoms with E-state index in [9.17, 15) is 9.90 Å². The fourth-order valence-electron chi connectivity index (χ4n) is 2.43. The summed E-state index contributed by atoms with van der Waals surface area (Å²) in [4.78, 5) is 15.6. The Balaban J connectivity index is 2.13. The van der Waals surface area contributed by atoms with Gasteiger partial charge in [0.25, 0.3) is 0 Å². The molecule has 2 atom stereocenters. The van der Waals surface area contributed by atoms with Crippen molar-refractivity contribution in [3.8, 4) is 0 Å². The van der Waals surface area contributed by atoms with Crippen LogP contribution in [-0.4, -0.2) is 46.0 Å².